The van der Waals surface area contributed by atoms with E-state index in [1.54, 1.807) is 7.11 Å². The first-order valence-corrected chi connectivity index (χ1v) is 7.85. The highest BCUT2D eigenvalue weighted by Gasteiger charge is 2.03. The minimum Gasteiger partial charge on any atom is -0.508 e. The van der Waals surface area contributed by atoms with Gasteiger partial charge in [0.2, 0.25) is 0 Å². The van der Waals surface area contributed by atoms with E-state index in [2.05, 4.69) is 38.7 Å². The molecule has 1 rings (SSSR count). The van der Waals surface area contributed by atoms with Gasteiger partial charge in [-0.15, -0.1) is 0 Å². The molecule has 1 aromatic carbocycles. The maximum Gasteiger partial charge on any atom is 0.118 e. The van der Waals surface area contributed by atoms with Gasteiger partial charge in [0.1, 0.15) is 5.75 Å². The second kappa shape index (κ2) is 14.8. The number of phenolic OH excluding ortho intramolecular Hbond substituents is 1. The lowest BCUT2D eigenvalue weighted by Gasteiger charge is -2.19. The van der Waals surface area contributed by atoms with Crippen LogP contribution < -0.4 is 0 Å². The maximum atomic E-state index is 9.59. The Balaban J connectivity index is 0. The van der Waals surface area contributed by atoms with Crippen LogP contribution in [0.15, 0.2) is 18.2 Å². The SMILES string of the molecule is CC(C)C.CCN(CCc1ccc(C)c(O)c1)COC.CO. The number of ether oxygens (including phenoxy) is 1. The standard InChI is InChI=1S/C13H21NO2.C4H10.CH4O/c1-4-14(10-16-3)8-7-12-6-5-11(2)13(15)9-12;1-4(2)3;1-2/h5-6,9,15H,4,7-8,10H2,1-3H3;4H,1-3H3;2H,1H3. The lowest BCUT2D eigenvalue weighted by atomic mass is 10.1. The zero-order chi connectivity index (χ0) is 17.5. The molecule has 4 heteroatoms. The van der Waals surface area contributed by atoms with E-state index in [1.807, 2.05) is 19.1 Å². The number of aliphatic hydroxyl groups is 1. The second-order valence-electron chi connectivity index (χ2n) is 5.73. The van der Waals surface area contributed by atoms with Crippen LogP contribution >= 0.6 is 0 Å². The Morgan fingerprint density at radius 1 is 1.18 bits per heavy atom. The Kier molecular flexibility index (Phi) is 15.6. The molecule has 0 spiro atoms. The van der Waals surface area contributed by atoms with E-state index in [4.69, 9.17) is 9.84 Å². The summed E-state index contributed by atoms with van der Waals surface area (Å²) in [5.41, 5.74) is 2.09. The summed E-state index contributed by atoms with van der Waals surface area (Å²) in [5.74, 6) is 1.22. The van der Waals surface area contributed by atoms with Crippen LogP contribution in [0.1, 0.15) is 38.8 Å². The Bertz CT molecular complexity index is 365. The van der Waals surface area contributed by atoms with Crippen LogP contribution in [0.25, 0.3) is 0 Å². The van der Waals surface area contributed by atoms with E-state index in [0.29, 0.717) is 12.5 Å². The van der Waals surface area contributed by atoms with Crippen molar-refractivity contribution in [1.82, 2.24) is 4.90 Å². The highest BCUT2D eigenvalue weighted by Crippen LogP contribution is 2.17. The smallest absolute Gasteiger partial charge is 0.118 e. The second-order valence-corrected chi connectivity index (χ2v) is 5.73. The molecule has 0 fully saturated rings. The molecule has 0 radical (unpaired) electrons. The van der Waals surface area contributed by atoms with Gasteiger partial charge in [0.15, 0.2) is 0 Å². The number of rotatable bonds is 6. The molecule has 0 unspecified atom stereocenters. The summed E-state index contributed by atoms with van der Waals surface area (Å²) in [7, 11) is 2.71. The van der Waals surface area contributed by atoms with E-state index < -0.39 is 0 Å². The normalized spacial score (nSPS) is 9.91. The van der Waals surface area contributed by atoms with Crippen LogP contribution in [-0.4, -0.2) is 49.2 Å². The summed E-state index contributed by atoms with van der Waals surface area (Å²) >= 11 is 0. The van der Waals surface area contributed by atoms with E-state index in [9.17, 15) is 5.11 Å². The third kappa shape index (κ3) is 12.6. The van der Waals surface area contributed by atoms with Crippen molar-refractivity contribution in [1.29, 1.82) is 0 Å². The highest BCUT2D eigenvalue weighted by atomic mass is 16.5. The average molecular weight is 313 g/mol. The molecular formula is C18H35NO3. The molecule has 0 aliphatic heterocycles. The molecule has 0 saturated carbocycles. The molecule has 0 amide bonds. The van der Waals surface area contributed by atoms with E-state index in [-0.39, 0.29) is 0 Å². The molecule has 0 saturated heterocycles. The summed E-state index contributed by atoms with van der Waals surface area (Å²) in [6.45, 7) is 13.1. The number of methoxy groups -OCH3 is 1. The van der Waals surface area contributed by atoms with Gasteiger partial charge in [-0.2, -0.15) is 0 Å². The monoisotopic (exact) mass is 313 g/mol. The van der Waals surface area contributed by atoms with Crippen LogP contribution in [0.3, 0.4) is 0 Å². The molecule has 4 nitrogen and oxygen atoms in total. The quantitative estimate of drug-likeness (QED) is 0.790. The number of aliphatic hydroxyl groups excluding tert-OH is 1. The van der Waals surface area contributed by atoms with Gasteiger partial charge in [0.05, 0.1) is 6.73 Å². The van der Waals surface area contributed by atoms with Crippen molar-refractivity contribution >= 4 is 0 Å². The number of nitrogens with zero attached hydrogens (tertiary/aromatic N) is 1. The van der Waals surface area contributed by atoms with Gasteiger partial charge < -0.3 is 14.9 Å². The zero-order valence-corrected chi connectivity index (χ0v) is 15.4. The first-order valence-electron chi connectivity index (χ1n) is 7.85. The lowest BCUT2D eigenvalue weighted by Crippen LogP contribution is -2.27. The Morgan fingerprint density at radius 3 is 2.14 bits per heavy atom. The highest BCUT2D eigenvalue weighted by molar-refractivity contribution is 5.35. The van der Waals surface area contributed by atoms with Crippen molar-refractivity contribution < 1.29 is 14.9 Å². The summed E-state index contributed by atoms with van der Waals surface area (Å²) in [4.78, 5) is 2.22. The first kappa shape index (κ1) is 23.2. The van der Waals surface area contributed by atoms with E-state index in [1.165, 1.54) is 0 Å². The first-order chi connectivity index (χ1) is 10.4. The lowest BCUT2D eigenvalue weighted by molar-refractivity contribution is 0.0678. The molecule has 0 atom stereocenters. The van der Waals surface area contributed by atoms with Gasteiger partial charge in [-0.3, -0.25) is 4.90 Å². The van der Waals surface area contributed by atoms with E-state index >= 15 is 0 Å². The molecule has 1 aromatic rings. The van der Waals surface area contributed by atoms with Crippen molar-refractivity contribution in [3.63, 3.8) is 0 Å². The molecule has 0 heterocycles. The van der Waals surface area contributed by atoms with Crippen LogP contribution in [0, 0.1) is 12.8 Å². The minimum absolute atomic E-state index is 0.382. The molecule has 22 heavy (non-hydrogen) atoms. The van der Waals surface area contributed by atoms with Crippen LogP contribution in [0.5, 0.6) is 5.75 Å². The molecule has 0 aromatic heterocycles. The summed E-state index contributed by atoms with van der Waals surface area (Å²) < 4.78 is 5.10. The third-order valence-electron chi connectivity index (χ3n) is 2.75. The van der Waals surface area contributed by atoms with Gasteiger partial charge in [0, 0.05) is 20.8 Å². The van der Waals surface area contributed by atoms with Gasteiger partial charge in [-0.25, -0.2) is 0 Å². The largest absolute Gasteiger partial charge is 0.508 e. The fraction of sp³-hybridized carbons (Fsp3) is 0.667. The molecule has 130 valence electrons. The molecule has 0 aliphatic rings. The number of benzene rings is 1. The van der Waals surface area contributed by atoms with E-state index in [0.717, 1.165) is 43.7 Å². The van der Waals surface area contributed by atoms with Crippen LogP contribution in [-0.2, 0) is 11.2 Å². The van der Waals surface area contributed by atoms with Crippen LogP contribution in [0.2, 0.25) is 0 Å². The van der Waals surface area contributed by atoms with Crippen molar-refractivity contribution in [2.75, 3.05) is 34.0 Å². The van der Waals surface area contributed by atoms with Gasteiger partial charge >= 0.3 is 0 Å². The number of aromatic hydroxyl groups is 1. The number of phenols is 1. The Labute approximate surface area is 136 Å². The predicted octanol–water partition coefficient (Wildman–Crippen LogP) is 3.44. The maximum absolute atomic E-state index is 9.59. The number of hydrogen-bond donors (Lipinski definition) is 2. The molecule has 2 N–H and O–H groups in total. The molecular weight excluding hydrogens is 278 g/mol. The van der Waals surface area contributed by atoms with Crippen molar-refractivity contribution in [2.45, 2.75) is 41.0 Å². The van der Waals surface area contributed by atoms with Gasteiger partial charge in [-0.05, 0) is 43.0 Å². The molecule has 0 bridgehead atoms. The summed E-state index contributed by atoms with van der Waals surface area (Å²) in [6, 6.07) is 5.86. The summed E-state index contributed by atoms with van der Waals surface area (Å²) in [5, 5.41) is 16.6. The Morgan fingerprint density at radius 2 is 1.73 bits per heavy atom. The zero-order valence-electron chi connectivity index (χ0n) is 15.4. The van der Waals surface area contributed by atoms with Crippen LogP contribution in [0.4, 0.5) is 0 Å². The van der Waals surface area contributed by atoms with Gasteiger partial charge in [0.25, 0.3) is 0 Å². The fourth-order valence-corrected chi connectivity index (χ4v) is 1.59. The molecule has 0 aliphatic carbocycles. The minimum atomic E-state index is 0.382. The number of aryl methyl sites for hydroxylation is 1. The topological polar surface area (TPSA) is 52.9 Å². The summed E-state index contributed by atoms with van der Waals surface area (Å²) in [6.07, 6.45) is 0.936. The van der Waals surface area contributed by atoms with Crippen molar-refractivity contribution in [2.24, 2.45) is 5.92 Å². The van der Waals surface area contributed by atoms with Crippen molar-refractivity contribution in [3.05, 3.63) is 29.3 Å². The Hall–Kier alpha value is -1.10. The average Bonchev–Trinajstić information content (AvgIpc) is 2.48. The predicted molar refractivity (Wildman–Crippen MR) is 94.3 cm³/mol. The number of hydrogen-bond acceptors (Lipinski definition) is 4. The van der Waals surface area contributed by atoms with Crippen molar-refractivity contribution in [3.8, 4) is 5.75 Å². The fourth-order valence-electron chi connectivity index (χ4n) is 1.59. The van der Waals surface area contributed by atoms with Gasteiger partial charge in [-0.1, -0.05) is 39.8 Å². The number of likely N-dealkylation sites (N-methyl/N-ethyl adjacent to an activating group) is 1. The third-order valence-corrected chi connectivity index (χ3v) is 2.75.